The van der Waals surface area contributed by atoms with Crippen molar-refractivity contribution in [3.05, 3.63) is 23.8 Å². The first kappa shape index (κ1) is 20.0. The number of carbonyl (C=O) groups is 3. The predicted octanol–water partition coefficient (Wildman–Crippen LogP) is 3.16. The second-order valence-electron chi connectivity index (χ2n) is 9.26. The summed E-state index contributed by atoms with van der Waals surface area (Å²) in [6, 6.07) is 0. The Hall–Kier alpha value is -1.75. The maximum absolute atomic E-state index is 13.3. The Kier molecular flexibility index (Phi) is 4.96. The molecule has 148 valence electrons. The van der Waals surface area contributed by atoms with E-state index in [1.54, 1.807) is 0 Å². The molecule has 0 aliphatic heterocycles. The number of rotatable bonds is 1. The fourth-order valence-electron chi connectivity index (χ4n) is 5.44. The Labute approximate surface area is 160 Å². The summed E-state index contributed by atoms with van der Waals surface area (Å²) in [7, 11) is 0. The third-order valence-electron chi connectivity index (χ3n) is 7.19. The first-order valence-corrected chi connectivity index (χ1v) is 9.82. The minimum atomic E-state index is -0.915. The Balaban J connectivity index is 2.11. The molecule has 0 aromatic rings. The minimum absolute atomic E-state index is 0.0262. The first-order chi connectivity index (χ1) is 12.5. The van der Waals surface area contributed by atoms with E-state index in [4.69, 9.17) is 4.74 Å². The molecule has 0 amide bonds. The standard InChI is InChI=1S/C22H30O5/c1-12-14-6-7-18(24)22(5)17(21(3,4)9-8-19(22)25)11-16(27-13(2)23)15(10-14)20(12)26/h10,14,16-17,19,25H,1,6-9,11H2,2-5H3/t14-,16-,17-,19-,22-/m1/s1. The van der Waals surface area contributed by atoms with Gasteiger partial charge in [0.25, 0.3) is 0 Å². The van der Waals surface area contributed by atoms with Gasteiger partial charge in [-0.25, -0.2) is 0 Å². The van der Waals surface area contributed by atoms with Crippen LogP contribution in [0.1, 0.15) is 59.8 Å². The molecule has 0 heterocycles. The number of Topliss-reactive ketones (excluding diaryl/α,β-unsaturated/α-hetero) is 2. The highest BCUT2D eigenvalue weighted by molar-refractivity contribution is 6.12. The maximum atomic E-state index is 13.3. The van der Waals surface area contributed by atoms with Gasteiger partial charge in [-0.2, -0.15) is 0 Å². The number of esters is 1. The average molecular weight is 374 g/mol. The Morgan fingerprint density at radius 1 is 1.26 bits per heavy atom. The molecule has 27 heavy (non-hydrogen) atoms. The summed E-state index contributed by atoms with van der Waals surface area (Å²) < 4.78 is 5.57. The molecule has 5 atom stereocenters. The smallest absolute Gasteiger partial charge is 0.303 e. The molecule has 0 aromatic heterocycles. The van der Waals surface area contributed by atoms with E-state index in [0.717, 1.165) is 6.42 Å². The number of aliphatic hydroxyl groups excluding tert-OH is 1. The molecule has 5 heteroatoms. The first-order valence-electron chi connectivity index (χ1n) is 9.82. The molecule has 0 unspecified atom stereocenters. The van der Waals surface area contributed by atoms with Crippen molar-refractivity contribution in [2.24, 2.45) is 22.7 Å². The molecule has 1 fully saturated rings. The molecule has 1 saturated carbocycles. The topological polar surface area (TPSA) is 80.7 Å². The van der Waals surface area contributed by atoms with Gasteiger partial charge in [0.2, 0.25) is 0 Å². The van der Waals surface area contributed by atoms with Gasteiger partial charge in [0.1, 0.15) is 11.9 Å². The lowest BCUT2D eigenvalue weighted by atomic mass is 9.52. The molecular weight excluding hydrogens is 344 g/mol. The summed E-state index contributed by atoms with van der Waals surface area (Å²) in [5.74, 6) is -1.01. The van der Waals surface area contributed by atoms with Crippen molar-refractivity contribution in [2.45, 2.75) is 72.0 Å². The van der Waals surface area contributed by atoms with Crippen molar-refractivity contribution in [3.63, 3.8) is 0 Å². The van der Waals surface area contributed by atoms with E-state index in [9.17, 15) is 19.5 Å². The van der Waals surface area contributed by atoms with E-state index >= 15 is 0 Å². The highest BCUT2D eigenvalue weighted by Crippen LogP contribution is 2.55. The van der Waals surface area contributed by atoms with Crippen molar-refractivity contribution in [1.82, 2.24) is 0 Å². The monoisotopic (exact) mass is 374 g/mol. The summed E-state index contributed by atoms with van der Waals surface area (Å²) in [6.45, 7) is 11.3. The van der Waals surface area contributed by atoms with Gasteiger partial charge in [0.15, 0.2) is 5.78 Å². The highest BCUT2D eigenvalue weighted by Gasteiger charge is 2.56. The van der Waals surface area contributed by atoms with Crippen molar-refractivity contribution >= 4 is 17.5 Å². The zero-order valence-electron chi connectivity index (χ0n) is 16.7. The number of hydrogen-bond donors (Lipinski definition) is 1. The Morgan fingerprint density at radius 2 is 1.93 bits per heavy atom. The van der Waals surface area contributed by atoms with E-state index in [2.05, 4.69) is 20.4 Å². The predicted molar refractivity (Wildman–Crippen MR) is 101 cm³/mol. The van der Waals surface area contributed by atoms with E-state index in [1.165, 1.54) is 6.92 Å². The van der Waals surface area contributed by atoms with Crippen LogP contribution in [0.5, 0.6) is 0 Å². The quantitative estimate of drug-likeness (QED) is 0.563. The number of carbonyl (C=O) groups excluding carboxylic acids is 3. The zero-order chi connectivity index (χ0) is 20.1. The molecule has 3 aliphatic carbocycles. The van der Waals surface area contributed by atoms with Gasteiger partial charge < -0.3 is 9.84 Å². The molecule has 1 N–H and O–H groups in total. The lowest BCUT2D eigenvalue weighted by Crippen LogP contribution is -2.56. The van der Waals surface area contributed by atoms with Gasteiger partial charge >= 0.3 is 5.97 Å². The Morgan fingerprint density at radius 3 is 2.56 bits per heavy atom. The number of ether oxygens (including phenoxy) is 1. The van der Waals surface area contributed by atoms with Crippen molar-refractivity contribution in [2.75, 3.05) is 0 Å². The van der Waals surface area contributed by atoms with Crippen molar-refractivity contribution in [1.29, 1.82) is 0 Å². The van der Waals surface area contributed by atoms with Crippen LogP contribution in [-0.2, 0) is 19.1 Å². The van der Waals surface area contributed by atoms with Crippen LogP contribution >= 0.6 is 0 Å². The van der Waals surface area contributed by atoms with Crippen LogP contribution in [0.3, 0.4) is 0 Å². The van der Waals surface area contributed by atoms with Gasteiger partial charge in [-0.05, 0) is 49.5 Å². The summed E-state index contributed by atoms with van der Waals surface area (Å²) in [5, 5.41) is 10.8. The van der Waals surface area contributed by atoms with Gasteiger partial charge in [-0.3, -0.25) is 14.4 Å². The second-order valence-corrected chi connectivity index (χ2v) is 9.26. The van der Waals surface area contributed by atoms with Gasteiger partial charge in [0, 0.05) is 24.8 Å². The molecule has 0 spiro atoms. The van der Waals surface area contributed by atoms with Crippen LogP contribution in [0, 0.1) is 22.7 Å². The summed E-state index contributed by atoms with van der Waals surface area (Å²) in [4.78, 5) is 37.8. The lowest BCUT2D eigenvalue weighted by Gasteiger charge is -2.53. The van der Waals surface area contributed by atoms with Gasteiger partial charge in [0.05, 0.1) is 11.5 Å². The molecule has 3 aliphatic rings. The van der Waals surface area contributed by atoms with E-state index in [-0.39, 0.29) is 28.8 Å². The van der Waals surface area contributed by atoms with Gasteiger partial charge in [-0.1, -0.05) is 26.5 Å². The molecule has 5 nitrogen and oxygen atoms in total. The highest BCUT2D eigenvalue weighted by atomic mass is 16.5. The van der Waals surface area contributed by atoms with Crippen molar-refractivity contribution < 1.29 is 24.2 Å². The number of aliphatic hydroxyl groups is 1. The fourth-order valence-corrected chi connectivity index (χ4v) is 5.44. The third kappa shape index (κ3) is 3.20. The molecule has 0 saturated heterocycles. The van der Waals surface area contributed by atoms with E-state index in [0.29, 0.717) is 36.8 Å². The van der Waals surface area contributed by atoms with Crippen LogP contribution in [0.15, 0.2) is 23.8 Å². The van der Waals surface area contributed by atoms with Gasteiger partial charge in [-0.15, -0.1) is 0 Å². The van der Waals surface area contributed by atoms with Crippen LogP contribution in [0.4, 0.5) is 0 Å². The minimum Gasteiger partial charge on any atom is -0.458 e. The molecular formula is C22H30O5. The molecule has 0 aromatic carbocycles. The van der Waals surface area contributed by atoms with Crippen LogP contribution in [-0.4, -0.2) is 34.9 Å². The lowest BCUT2D eigenvalue weighted by molar-refractivity contribution is -0.161. The largest absolute Gasteiger partial charge is 0.458 e. The summed E-state index contributed by atoms with van der Waals surface area (Å²) >= 11 is 0. The number of ketones is 2. The summed E-state index contributed by atoms with van der Waals surface area (Å²) in [6.07, 6.45) is 2.89. The number of allylic oxidation sites excluding steroid dienone is 2. The third-order valence-corrected chi connectivity index (χ3v) is 7.19. The van der Waals surface area contributed by atoms with Crippen LogP contribution in [0.2, 0.25) is 0 Å². The number of fused-ring (bicyclic) bond motifs is 2. The van der Waals surface area contributed by atoms with Crippen LogP contribution in [0.25, 0.3) is 0 Å². The molecule has 3 rings (SSSR count). The normalized spacial score (nSPS) is 38.9. The van der Waals surface area contributed by atoms with Crippen LogP contribution < -0.4 is 0 Å². The second kappa shape index (κ2) is 6.69. The Bertz CT molecular complexity index is 731. The SMILES string of the molecule is C=C1C(=O)C2=C[C@H]1CCC(=O)[C@]1(C)[C@H](O)CCC(C)(C)[C@H]1C[C@H]2OC(C)=O. The van der Waals surface area contributed by atoms with Crippen molar-refractivity contribution in [3.8, 4) is 0 Å². The van der Waals surface area contributed by atoms with E-state index in [1.807, 2.05) is 13.0 Å². The fraction of sp³-hybridized carbons (Fsp3) is 0.682. The zero-order valence-corrected chi connectivity index (χ0v) is 16.7. The molecule has 0 radical (unpaired) electrons. The maximum Gasteiger partial charge on any atom is 0.303 e. The summed E-state index contributed by atoms with van der Waals surface area (Å²) in [5.41, 5.74) is -0.195. The number of hydrogen-bond acceptors (Lipinski definition) is 5. The molecule has 2 bridgehead atoms. The van der Waals surface area contributed by atoms with E-state index < -0.39 is 23.6 Å². The average Bonchev–Trinajstić information content (AvgIpc) is 2.86.